The molecule has 0 fully saturated rings. The molecule has 228 valence electrons. The van der Waals surface area contributed by atoms with Crippen molar-refractivity contribution in [3.8, 4) is 27.9 Å². The number of aromatic nitrogens is 1. The first-order valence-corrected chi connectivity index (χ1v) is 15.1. The number of nitrogens with zero attached hydrogens (tertiary/aromatic N) is 2. The van der Waals surface area contributed by atoms with Gasteiger partial charge in [0.05, 0.1) is 39.1 Å². The second-order valence-corrected chi connectivity index (χ2v) is 11.7. The van der Waals surface area contributed by atoms with Crippen LogP contribution in [-0.2, 0) is 6.18 Å². The number of benzene rings is 6. The van der Waals surface area contributed by atoms with Crippen LogP contribution in [0.15, 0.2) is 133 Å². The fourth-order valence-corrected chi connectivity index (χ4v) is 6.69. The summed E-state index contributed by atoms with van der Waals surface area (Å²) in [6.45, 7) is 1.63. The van der Waals surface area contributed by atoms with Crippen molar-refractivity contribution in [3.05, 3.63) is 156 Å². The number of imide groups is 1. The SMILES string of the molecule is Cc1ccc(-c2ccc3c4ccccc4n(-c4cccc5c4C(=O)N(c4cccc(-c6ccccc6)c4)C5=O)c3c2)c(C(F)(F)F)c1. The molecule has 0 aliphatic carbocycles. The highest BCUT2D eigenvalue weighted by Gasteiger charge is 2.39. The molecule has 0 N–H and O–H groups in total. The van der Waals surface area contributed by atoms with Crippen LogP contribution in [0.4, 0.5) is 18.9 Å². The minimum absolute atomic E-state index is 0.0656. The Bertz CT molecular complexity index is 2410. The Balaban J connectivity index is 1.32. The maximum Gasteiger partial charge on any atom is 0.417 e. The van der Waals surface area contributed by atoms with Gasteiger partial charge < -0.3 is 4.57 Å². The van der Waals surface area contributed by atoms with Crippen molar-refractivity contribution in [1.82, 2.24) is 4.57 Å². The standard InChI is InChI=1S/C40H25F3N2O2/c1-24-17-19-29(33(21-24)40(41,42)43)27-18-20-31-30-13-5-6-15-34(30)45(36(31)23-27)35-16-8-14-32-37(35)39(47)44(38(32)46)28-12-7-11-26(22-28)25-9-3-2-4-10-25/h2-23H,1H3. The molecule has 0 saturated heterocycles. The number of hydrogen-bond donors (Lipinski definition) is 0. The first-order chi connectivity index (χ1) is 22.7. The molecule has 4 nitrogen and oxygen atoms in total. The maximum atomic E-state index is 14.3. The summed E-state index contributed by atoms with van der Waals surface area (Å²) in [5.41, 5.74) is 4.89. The Morgan fingerprint density at radius 3 is 2.09 bits per heavy atom. The molecular weight excluding hydrogens is 597 g/mol. The highest BCUT2D eigenvalue weighted by Crippen LogP contribution is 2.42. The molecule has 0 saturated carbocycles. The molecule has 2 amide bonds. The number of anilines is 1. The molecule has 6 aromatic carbocycles. The summed E-state index contributed by atoms with van der Waals surface area (Å²) in [6.07, 6.45) is -4.54. The minimum Gasteiger partial charge on any atom is -0.308 e. The minimum atomic E-state index is -4.54. The van der Waals surface area contributed by atoms with Gasteiger partial charge >= 0.3 is 6.18 Å². The molecule has 1 aliphatic rings. The zero-order valence-electron chi connectivity index (χ0n) is 25.0. The smallest absolute Gasteiger partial charge is 0.308 e. The van der Waals surface area contributed by atoms with E-state index in [0.717, 1.165) is 33.5 Å². The van der Waals surface area contributed by atoms with Crippen LogP contribution in [0.25, 0.3) is 49.7 Å². The Labute approximate surface area is 267 Å². The van der Waals surface area contributed by atoms with E-state index in [1.54, 1.807) is 49.4 Å². The second-order valence-electron chi connectivity index (χ2n) is 11.7. The van der Waals surface area contributed by atoms with Gasteiger partial charge in [0.25, 0.3) is 11.8 Å². The summed E-state index contributed by atoms with van der Waals surface area (Å²) in [5, 5.41) is 1.68. The van der Waals surface area contributed by atoms with Crippen molar-refractivity contribution in [2.75, 3.05) is 4.90 Å². The fourth-order valence-electron chi connectivity index (χ4n) is 6.69. The highest BCUT2D eigenvalue weighted by molar-refractivity contribution is 6.36. The van der Waals surface area contributed by atoms with E-state index in [4.69, 9.17) is 0 Å². The first-order valence-electron chi connectivity index (χ1n) is 15.1. The number of alkyl halides is 3. The third-order valence-electron chi connectivity index (χ3n) is 8.81. The van der Waals surface area contributed by atoms with E-state index in [1.165, 1.54) is 11.0 Å². The van der Waals surface area contributed by atoms with Gasteiger partial charge in [-0.2, -0.15) is 13.2 Å². The second kappa shape index (κ2) is 10.6. The lowest BCUT2D eigenvalue weighted by Gasteiger charge is -2.16. The molecule has 7 heteroatoms. The summed E-state index contributed by atoms with van der Waals surface area (Å²) < 4.78 is 44.4. The predicted octanol–water partition coefficient (Wildman–Crippen LogP) is 10.2. The van der Waals surface area contributed by atoms with Gasteiger partial charge in [-0.25, -0.2) is 4.90 Å². The molecule has 1 aromatic heterocycles. The number of fused-ring (bicyclic) bond motifs is 4. The molecule has 0 atom stereocenters. The Morgan fingerprint density at radius 2 is 1.28 bits per heavy atom. The maximum absolute atomic E-state index is 14.3. The van der Waals surface area contributed by atoms with E-state index in [2.05, 4.69) is 0 Å². The van der Waals surface area contributed by atoms with E-state index < -0.39 is 23.6 Å². The number of para-hydroxylation sites is 1. The lowest BCUT2D eigenvalue weighted by molar-refractivity contribution is -0.137. The molecular formula is C40H25F3N2O2. The van der Waals surface area contributed by atoms with Gasteiger partial charge in [0, 0.05) is 10.8 Å². The Morgan fingerprint density at radius 1 is 0.553 bits per heavy atom. The topological polar surface area (TPSA) is 42.3 Å². The molecule has 0 bridgehead atoms. The zero-order valence-corrected chi connectivity index (χ0v) is 25.0. The summed E-state index contributed by atoms with van der Waals surface area (Å²) in [7, 11) is 0. The lowest BCUT2D eigenvalue weighted by Crippen LogP contribution is -2.29. The fraction of sp³-hybridized carbons (Fsp3) is 0.0500. The van der Waals surface area contributed by atoms with Crippen molar-refractivity contribution in [3.63, 3.8) is 0 Å². The number of halogens is 3. The van der Waals surface area contributed by atoms with E-state index >= 15 is 0 Å². The van der Waals surface area contributed by atoms with Gasteiger partial charge in [-0.15, -0.1) is 0 Å². The van der Waals surface area contributed by atoms with Crippen LogP contribution in [0, 0.1) is 6.92 Å². The Kier molecular flexibility index (Phi) is 6.41. The zero-order chi connectivity index (χ0) is 32.4. The van der Waals surface area contributed by atoms with E-state index in [0.29, 0.717) is 28.0 Å². The number of aryl methyl sites for hydroxylation is 1. The molecule has 0 spiro atoms. The monoisotopic (exact) mass is 622 g/mol. The van der Waals surface area contributed by atoms with Gasteiger partial charge in [0.15, 0.2) is 0 Å². The van der Waals surface area contributed by atoms with Crippen molar-refractivity contribution >= 4 is 39.3 Å². The van der Waals surface area contributed by atoms with Gasteiger partial charge in [0.1, 0.15) is 0 Å². The molecule has 0 unspecified atom stereocenters. The van der Waals surface area contributed by atoms with Gasteiger partial charge in [-0.3, -0.25) is 9.59 Å². The summed E-state index contributed by atoms with van der Waals surface area (Å²) >= 11 is 0. The van der Waals surface area contributed by atoms with Gasteiger partial charge in [-0.05, 0) is 71.6 Å². The molecule has 2 heterocycles. The molecule has 1 aliphatic heterocycles. The van der Waals surface area contributed by atoms with Crippen LogP contribution in [0.2, 0.25) is 0 Å². The number of carbonyl (C=O) groups is 2. The molecule has 47 heavy (non-hydrogen) atoms. The summed E-state index contributed by atoms with van der Waals surface area (Å²) in [4.78, 5) is 29.4. The van der Waals surface area contributed by atoms with Crippen LogP contribution >= 0.6 is 0 Å². The van der Waals surface area contributed by atoms with Crippen molar-refractivity contribution in [2.24, 2.45) is 0 Å². The number of carbonyl (C=O) groups excluding carboxylic acids is 2. The van der Waals surface area contributed by atoms with E-state index in [9.17, 15) is 22.8 Å². The average molecular weight is 623 g/mol. The van der Waals surface area contributed by atoms with E-state index in [-0.39, 0.29) is 16.7 Å². The summed E-state index contributed by atoms with van der Waals surface area (Å²) in [5.74, 6) is -0.904. The largest absolute Gasteiger partial charge is 0.417 e. The lowest BCUT2D eigenvalue weighted by atomic mass is 9.96. The van der Waals surface area contributed by atoms with Crippen LogP contribution in [0.5, 0.6) is 0 Å². The van der Waals surface area contributed by atoms with Gasteiger partial charge in [-0.1, -0.05) is 96.6 Å². The normalized spacial score (nSPS) is 13.1. The number of rotatable bonds is 4. The van der Waals surface area contributed by atoms with Crippen LogP contribution < -0.4 is 4.90 Å². The van der Waals surface area contributed by atoms with E-state index in [1.807, 2.05) is 83.4 Å². The van der Waals surface area contributed by atoms with Crippen LogP contribution in [-0.4, -0.2) is 16.4 Å². The van der Waals surface area contributed by atoms with Crippen molar-refractivity contribution in [2.45, 2.75) is 13.1 Å². The van der Waals surface area contributed by atoms with Crippen LogP contribution in [0.3, 0.4) is 0 Å². The highest BCUT2D eigenvalue weighted by atomic mass is 19.4. The van der Waals surface area contributed by atoms with Crippen molar-refractivity contribution in [1.29, 1.82) is 0 Å². The Hall–Kier alpha value is -5.95. The van der Waals surface area contributed by atoms with Crippen molar-refractivity contribution < 1.29 is 22.8 Å². The quantitative estimate of drug-likeness (QED) is 0.183. The first kappa shape index (κ1) is 28.5. The third kappa shape index (κ3) is 4.54. The van der Waals surface area contributed by atoms with Gasteiger partial charge in [0.2, 0.25) is 0 Å². The molecule has 0 radical (unpaired) electrons. The molecule has 7 aromatic rings. The third-order valence-corrected chi connectivity index (χ3v) is 8.81. The summed E-state index contributed by atoms with van der Waals surface area (Å²) in [6, 6.07) is 39.3. The predicted molar refractivity (Wildman–Crippen MR) is 179 cm³/mol. The number of amides is 2. The molecule has 8 rings (SSSR count). The average Bonchev–Trinajstić information content (AvgIpc) is 3.55. The van der Waals surface area contributed by atoms with Crippen LogP contribution in [0.1, 0.15) is 31.8 Å². The number of hydrogen-bond acceptors (Lipinski definition) is 2.